The lowest BCUT2D eigenvalue weighted by molar-refractivity contribution is -0.166. The summed E-state index contributed by atoms with van der Waals surface area (Å²) in [6, 6.07) is 10.9. The molecule has 12 nitrogen and oxygen atoms in total. The van der Waals surface area contributed by atoms with Gasteiger partial charge in [0.1, 0.15) is 28.2 Å². The SMILES string of the molecule is CCOP(=O)(O)OCCN(CC(OC)OC)C(C)(O)Cc1cc(C)cc(-n2nc3ccccc3n2)c1O. The number of aromatic nitrogens is 3. The van der Waals surface area contributed by atoms with E-state index in [2.05, 4.69) is 10.2 Å². The molecule has 204 valence electrons. The second-order valence-electron chi connectivity index (χ2n) is 8.73. The summed E-state index contributed by atoms with van der Waals surface area (Å²) in [6.45, 7) is 4.97. The number of phenols is 1. The number of phosphoric ester groups is 1. The summed E-state index contributed by atoms with van der Waals surface area (Å²) in [5.41, 5.74) is 1.49. The van der Waals surface area contributed by atoms with Crippen LogP contribution in [0.15, 0.2) is 36.4 Å². The fraction of sp³-hybridized carbons (Fsp3) is 0.500. The summed E-state index contributed by atoms with van der Waals surface area (Å²) < 4.78 is 32.3. The maximum atomic E-state index is 11.9. The zero-order valence-electron chi connectivity index (χ0n) is 21.7. The maximum absolute atomic E-state index is 11.9. The zero-order valence-corrected chi connectivity index (χ0v) is 22.6. The number of methoxy groups -OCH3 is 2. The van der Waals surface area contributed by atoms with Crippen molar-refractivity contribution >= 4 is 18.9 Å². The van der Waals surface area contributed by atoms with Gasteiger partial charge in [0, 0.05) is 32.7 Å². The number of aliphatic hydroxyl groups is 1. The van der Waals surface area contributed by atoms with Crippen LogP contribution in [0.2, 0.25) is 0 Å². The molecule has 13 heteroatoms. The molecule has 2 unspecified atom stereocenters. The van der Waals surface area contributed by atoms with Gasteiger partial charge in [0.2, 0.25) is 0 Å². The van der Waals surface area contributed by atoms with Gasteiger partial charge in [0.05, 0.1) is 19.8 Å². The van der Waals surface area contributed by atoms with Gasteiger partial charge < -0.3 is 24.6 Å². The number of fused-ring (bicyclic) bond motifs is 1. The molecule has 0 amide bonds. The first kappa shape index (κ1) is 29.2. The van der Waals surface area contributed by atoms with Crippen molar-refractivity contribution < 1.29 is 38.2 Å². The molecule has 3 rings (SSSR count). The molecule has 0 bridgehead atoms. The Balaban J connectivity index is 1.88. The van der Waals surface area contributed by atoms with Crippen LogP contribution in [0.25, 0.3) is 16.7 Å². The van der Waals surface area contributed by atoms with Gasteiger partial charge >= 0.3 is 7.82 Å². The quantitative estimate of drug-likeness (QED) is 0.205. The predicted molar refractivity (Wildman–Crippen MR) is 136 cm³/mol. The number of rotatable bonds is 14. The molecule has 0 aliphatic heterocycles. The minimum Gasteiger partial charge on any atom is -0.505 e. The third-order valence-electron chi connectivity index (χ3n) is 5.82. The summed E-state index contributed by atoms with van der Waals surface area (Å²) in [5, 5.41) is 31.6. The van der Waals surface area contributed by atoms with E-state index < -0.39 is 19.8 Å². The topological polar surface area (TPSA) is 149 Å². The first-order valence-corrected chi connectivity index (χ1v) is 13.3. The Labute approximate surface area is 215 Å². The van der Waals surface area contributed by atoms with E-state index in [1.807, 2.05) is 31.2 Å². The first-order valence-electron chi connectivity index (χ1n) is 11.8. The van der Waals surface area contributed by atoms with E-state index in [1.54, 1.807) is 30.9 Å². The fourth-order valence-corrected chi connectivity index (χ4v) is 4.69. The van der Waals surface area contributed by atoms with Crippen molar-refractivity contribution in [2.45, 2.75) is 39.2 Å². The minimum atomic E-state index is -4.21. The molecule has 0 saturated heterocycles. The molecule has 0 aliphatic carbocycles. The summed E-state index contributed by atoms with van der Waals surface area (Å²) in [7, 11) is -1.28. The van der Waals surface area contributed by atoms with Crippen LogP contribution in [0.1, 0.15) is 25.0 Å². The minimum absolute atomic E-state index is 0.00328. The van der Waals surface area contributed by atoms with Gasteiger partial charge in [-0.3, -0.25) is 13.9 Å². The Morgan fingerprint density at radius 2 is 1.76 bits per heavy atom. The van der Waals surface area contributed by atoms with E-state index in [9.17, 15) is 19.7 Å². The highest BCUT2D eigenvalue weighted by Crippen LogP contribution is 2.42. The molecule has 0 saturated carbocycles. The molecule has 0 spiro atoms. The predicted octanol–water partition coefficient (Wildman–Crippen LogP) is 2.76. The standard InChI is InChI=1S/C24H35N4O8P/c1-6-35-37(31,32)36-12-11-27(16-22(33-4)34-5)24(3,30)15-18-13-17(2)14-21(23(18)29)28-25-19-9-7-8-10-20(19)26-28/h7-10,13-14,22,29-30H,6,11-12,15-16H2,1-5H3,(H,31,32). The van der Waals surface area contributed by atoms with Crippen LogP contribution < -0.4 is 0 Å². The molecule has 3 N–H and O–H groups in total. The highest BCUT2D eigenvalue weighted by molar-refractivity contribution is 7.47. The second-order valence-corrected chi connectivity index (χ2v) is 10.2. The van der Waals surface area contributed by atoms with Gasteiger partial charge in [-0.25, -0.2) is 4.57 Å². The third-order valence-corrected chi connectivity index (χ3v) is 6.92. The van der Waals surface area contributed by atoms with E-state index in [4.69, 9.17) is 18.5 Å². The zero-order chi connectivity index (χ0) is 27.2. The highest BCUT2D eigenvalue weighted by atomic mass is 31.2. The number of hydrogen-bond donors (Lipinski definition) is 3. The van der Waals surface area contributed by atoms with Crippen LogP contribution in [0.4, 0.5) is 0 Å². The number of phosphoric acid groups is 1. The Kier molecular flexibility index (Phi) is 9.79. The van der Waals surface area contributed by atoms with Crippen molar-refractivity contribution in [3.8, 4) is 11.4 Å². The van der Waals surface area contributed by atoms with Crippen LogP contribution in [0, 0.1) is 6.92 Å². The third kappa shape index (κ3) is 7.56. The van der Waals surface area contributed by atoms with Crippen LogP contribution >= 0.6 is 7.82 Å². The number of benzene rings is 2. The molecule has 1 heterocycles. The number of phenolic OH excluding ortho intramolecular Hbond substituents is 1. The number of ether oxygens (including phenoxy) is 2. The monoisotopic (exact) mass is 538 g/mol. The molecule has 1 aromatic heterocycles. The van der Waals surface area contributed by atoms with E-state index in [0.29, 0.717) is 22.3 Å². The molecule has 3 aromatic rings. The molecule has 37 heavy (non-hydrogen) atoms. The number of aryl methyl sites for hydroxylation is 1. The molecular weight excluding hydrogens is 503 g/mol. The Hall–Kier alpha value is -2.41. The smallest absolute Gasteiger partial charge is 0.472 e. The van der Waals surface area contributed by atoms with E-state index in [1.165, 1.54) is 19.0 Å². The highest BCUT2D eigenvalue weighted by Gasteiger charge is 2.34. The lowest BCUT2D eigenvalue weighted by Gasteiger charge is -2.38. The van der Waals surface area contributed by atoms with Crippen LogP contribution in [-0.4, -0.2) is 87.5 Å². The van der Waals surface area contributed by atoms with Crippen molar-refractivity contribution in [1.82, 2.24) is 19.9 Å². The first-order chi connectivity index (χ1) is 17.5. The molecule has 0 fully saturated rings. The Morgan fingerprint density at radius 1 is 1.14 bits per heavy atom. The molecule has 2 atom stereocenters. The summed E-state index contributed by atoms with van der Waals surface area (Å²) >= 11 is 0. The molecular formula is C24H35N4O8P. The van der Waals surface area contributed by atoms with Gasteiger partial charge in [-0.1, -0.05) is 18.2 Å². The van der Waals surface area contributed by atoms with Crippen molar-refractivity contribution in [2.24, 2.45) is 0 Å². The van der Waals surface area contributed by atoms with Crippen molar-refractivity contribution in [2.75, 3.05) is 40.5 Å². The second kappa shape index (κ2) is 12.4. The van der Waals surface area contributed by atoms with Gasteiger partial charge in [-0.15, -0.1) is 15.0 Å². The molecule has 0 aliphatic rings. The Bertz CT molecular complexity index is 1200. The average Bonchev–Trinajstić information content (AvgIpc) is 3.27. The lowest BCUT2D eigenvalue weighted by atomic mass is 9.98. The van der Waals surface area contributed by atoms with Crippen LogP contribution in [0.3, 0.4) is 0 Å². The number of nitrogens with zero attached hydrogens (tertiary/aromatic N) is 4. The van der Waals surface area contributed by atoms with Crippen molar-refractivity contribution in [1.29, 1.82) is 0 Å². The van der Waals surface area contributed by atoms with Crippen LogP contribution in [0.5, 0.6) is 5.75 Å². The summed E-state index contributed by atoms with van der Waals surface area (Å²) in [5.74, 6) is -0.0754. The number of hydrogen-bond acceptors (Lipinski definition) is 10. The molecule has 2 aromatic carbocycles. The maximum Gasteiger partial charge on any atom is 0.472 e. The van der Waals surface area contributed by atoms with E-state index >= 15 is 0 Å². The normalized spacial score (nSPS) is 15.4. The summed E-state index contributed by atoms with van der Waals surface area (Å²) in [4.78, 5) is 12.7. The largest absolute Gasteiger partial charge is 0.505 e. The van der Waals surface area contributed by atoms with Gasteiger partial charge in [-0.2, -0.15) is 0 Å². The summed E-state index contributed by atoms with van der Waals surface area (Å²) in [6.07, 6.45) is -0.696. The average molecular weight is 539 g/mol. The number of aromatic hydroxyl groups is 1. The van der Waals surface area contributed by atoms with Crippen LogP contribution in [-0.2, 0) is 29.5 Å². The van der Waals surface area contributed by atoms with Crippen molar-refractivity contribution in [3.63, 3.8) is 0 Å². The lowest BCUT2D eigenvalue weighted by Crippen LogP contribution is -2.52. The van der Waals surface area contributed by atoms with Gasteiger partial charge in [0.15, 0.2) is 6.29 Å². The molecule has 0 radical (unpaired) electrons. The van der Waals surface area contributed by atoms with Crippen molar-refractivity contribution in [3.05, 3.63) is 47.5 Å². The Morgan fingerprint density at radius 3 is 2.32 bits per heavy atom. The van der Waals surface area contributed by atoms with E-state index in [-0.39, 0.29) is 38.5 Å². The van der Waals surface area contributed by atoms with Gasteiger partial charge in [0.25, 0.3) is 0 Å². The van der Waals surface area contributed by atoms with Gasteiger partial charge in [-0.05, 0) is 44.5 Å². The fourth-order valence-electron chi connectivity index (χ4n) is 3.98. The van der Waals surface area contributed by atoms with E-state index in [0.717, 1.165) is 5.56 Å².